The van der Waals surface area contributed by atoms with Gasteiger partial charge in [-0.2, -0.15) is 5.10 Å². The molecule has 0 spiro atoms. The van der Waals surface area contributed by atoms with Crippen LogP contribution in [0.15, 0.2) is 41.3 Å². The van der Waals surface area contributed by atoms with E-state index in [4.69, 9.17) is 4.74 Å². The number of halogens is 1. The van der Waals surface area contributed by atoms with E-state index in [9.17, 15) is 14.7 Å². The fraction of sp³-hybridized carbons (Fsp3) is 0.259. The van der Waals surface area contributed by atoms with Crippen molar-refractivity contribution in [1.82, 2.24) is 19.5 Å². The Morgan fingerprint density at radius 1 is 1.27 bits per heavy atom. The van der Waals surface area contributed by atoms with Crippen molar-refractivity contribution in [3.8, 4) is 17.0 Å². The van der Waals surface area contributed by atoms with Crippen LogP contribution in [0.3, 0.4) is 0 Å². The number of amides is 1. The number of fused-ring (bicyclic) bond motifs is 3. The maximum atomic E-state index is 15.4. The molecular formula is C27H23FN4O4S. The normalized spacial score (nSPS) is 16.7. The molecule has 8 nitrogen and oxygen atoms in total. The number of carboxylic acid groups (broad SMARTS) is 1. The molecule has 1 amide bonds. The average Bonchev–Trinajstić information content (AvgIpc) is 3.55. The lowest BCUT2D eigenvalue weighted by Crippen LogP contribution is -2.38. The minimum Gasteiger partial charge on any atom is -0.485 e. The summed E-state index contributed by atoms with van der Waals surface area (Å²) in [6, 6.07) is 8.61. The Morgan fingerprint density at radius 2 is 2.11 bits per heavy atom. The smallest absolute Gasteiger partial charge is 0.335 e. The number of carbonyl (C=O) groups excluding carboxylic acids is 1. The molecule has 0 aliphatic carbocycles. The molecule has 0 radical (unpaired) electrons. The summed E-state index contributed by atoms with van der Waals surface area (Å²) in [5.41, 5.74) is 3.72. The molecule has 4 aromatic rings. The van der Waals surface area contributed by atoms with Crippen LogP contribution in [-0.4, -0.2) is 49.6 Å². The van der Waals surface area contributed by atoms with Gasteiger partial charge in [-0.05, 0) is 55.0 Å². The third-order valence-electron chi connectivity index (χ3n) is 7.00. The zero-order valence-corrected chi connectivity index (χ0v) is 21.0. The molecular weight excluding hydrogens is 495 g/mol. The first-order chi connectivity index (χ1) is 17.9. The summed E-state index contributed by atoms with van der Waals surface area (Å²) in [6.07, 6.45) is 2.84. The van der Waals surface area contributed by atoms with Crippen molar-refractivity contribution >= 4 is 34.9 Å². The van der Waals surface area contributed by atoms with E-state index in [-0.39, 0.29) is 35.4 Å². The number of carbonyl (C=O) groups is 2. The second-order valence-electron chi connectivity index (χ2n) is 9.12. The van der Waals surface area contributed by atoms with Gasteiger partial charge in [-0.1, -0.05) is 13.0 Å². The summed E-state index contributed by atoms with van der Waals surface area (Å²) in [5, 5.41) is 15.8. The molecule has 10 heteroatoms. The molecule has 2 aliphatic rings. The predicted molar refractivity (Wildman–Crippen MR) is 136 cm³/mol. The zero-order chi connectivity index (χ0) is 25.8. The number of thiophene rings is 1. The van der Waals surface area contributed by atoms with Gasteiger partial charge in [0.15, 0.2) is 17.2 Å². The van der Waals surface area contributed by atoms with Crippen LogP contribution in [0.25, 0.3) is 23.0 Å². The number of benzene rings is 1. The quantitative estimate of drug-likeness (QED) is 0.418. The van der Waals surface area contributed by atoms with Crippen molar-refractivity contribution in [2.75, 3.05) is 13.2 Å². The van der Waals surface area contributed by atoms with Crippen LogP contribution in [0.2, 0.25) is 0 Å². The van der Waals surface area contributed by atoms with E-state index >= 15 is 4.39 Å². The van der Waals surface area contributed by atoms with Gasteiger partial charge in [-0.25, -0.2) is 18.7 Å². The highest BCUT2D eigenvalue weighted by atomic mass is 32.1. The number of aliphatic carboxylic acids is 1. The molecule has 0 saturated heterocycles. The highest BCUT2D eigenvalue weighted by molar-refractivity contribution is 7.10. The monoisotopic (exact) mass is 518 g/mol. The van der Waals surface area contributed by atoms with Crippen molar-refractivity contribution < 1.29 is 23.8 Å². The second kappa shape index (κ2) is 8.81. The van der Waals surface area contributed by atoms with Gasteiger partial charge in [-0.3, -0.25) is 4.79 Å². The second-order valence-corrected chi connectivity index (χ2v) is 10.1. The van der Waals surface area contributed by atoms with Gasteiger partial charge in [0.25, 0.3) is 5.91 Å². The van der Waals surface area contributed by atoms with Crippen LogP contribution in [0, 0.1) is 5.82 Å². The molecule has 0 fully saturated rings. The highest BCUT2D eigenvalue weighted by Crippen LogP contribution is 2.36. The fourth-order valence-electron chi connectivity index (χ4n) is 5.00. The molecule has 188 valence electrons. The number of carboxylic acids is 1. The Hall–Kier alpha value is -4.05. The van der Waals surface area contributed by atoms with Crippen molar-refractivity contribution in [2.45, 2.75) is 32.7 Å². The summed E-state index contributed by atoms with van der Waals surface area (Å²) in [7, 11) is 0. The Kier molecular flexibility index (Phi) is 5.56. The van der Waals surface area contributed by atoms with Crippen LogP contribution in [0.4, 0.5) is 4.39 Å². The van der Waals surface area contributed by atoms with Gasteiger partial charge in [0.1, 0.15) is 12.3 Å². The van der Waals surface area contributed by atoms with E-state index in [2.05, 4.69) is 21.5 Å². The molecule has 1 atom stereocenters. The molecule has 1 aromatic carbocycles. The van der Waals surface area contributed by atoms with Gasteiger partial charge in [-0.15, -0.1) is 11.3 Å². The van der Waals surface area contributed by atoms with Crippen LogP contribution in [-0.2, 0) is 17.6 Å². The molecule has 1 unspecified atom stereocenters. The average molecular weight is 519 g/mol. The largest absolute Gasteiger partial charge is 0.485 e. The Labute approximate surface area is 215 Å². The van der Waals surface area contributed by atoms with Crippen molar-refractivity contribution in [1.29, 1.82) is 0 Å². The SMILES string of the molecule is CCc1cc(C(=O)N2CCc3sccc3C2C)nc2cc(-c3ccc4c(c3F)OCC(C(=O)O)=C4)nn12. The van der Waals surface area contributed by atoms with E-state index in [0.29, 0.717) is 35.6 Å². The molecule has 0 bridgehead atoms. The molecule has 3 aromatic heterocycles. The minimum absolute atomic E-state index is 0.00835. The number of nitrogens with zero attached hydrogens (tertiary/aromatic N) is 4. The lowest BCUT2D eigenvalue weighted by molar-refractivity contribution is -0.133. The maximum Gasteiger partial charge on any atom is 0.335 e. The van der Waals surface area contributed by atoms with Gasteiger partial charge >= 0.3 is 5.97 Å². The molecule has 2 aliphatic heterocycles. The van der Waals surface area contributed by atoms with E-state index in [0.717, 1.165) is 12.1 Å². The van der Waals surface area contributed by atoms with Crippen molar-refractivity contribution in [3.05, 3.63) is 74.5 Å². The van der Waals surface area contributed by atoms with Crippen LogP contribution in [0.1, 0.15) is 52.1 Å². The van der Waals surface area contributed by atoms with Gasteiger partial charge in [0.05, 0.1) is 17.3 Å². The van der Waals surface area contributed by atoms with Crippen LogP contribution >= 0.6 is 11.3 Å². The Bertz CT molecular complexity index is 1620. The van der Waals surface area contributed by atoms with Gasteiger partial charge < -0.3 is 14.7 Å². The standard InChI is InChI=1S/C27H23FN4O4S/c1-3-17-11-21(26(33)31-8-6-22-18(14(31)2)7-9-37-22)29-23-12-20(30-32(17)23)19-5-4-15-10-16(27(34)35)13-36-25(15)24(19)28/h4-5,7,9-12,14H,3,6,8,13H2,1-2H3,(H,34,35). The van der Waals surface area contributed by atoms with E-state index in [1.54, 1.807) is 40.1 Å². The lowest BCUT2D eigenvalue weighted by Gasteiger charge is -2.33. The fourth-order valence-corrected chi connectivity index (χ4v) is 5.96. The summed E-state index contributed by atoms with van der Waals surface area (Å²) < 4.78 is 22.5. The van der Waals surface area contributed by atoms with E-state index in [1.807, 2.05) is 18.7 Å². The number of hydrogen-bond acceptors (Lipinski definition) is 6. The minimum atomic E-state index is -1.10. The van der Waals surface area contributed by atoms with Crippen molar-refractivity contribution in [2.24, 2.45) is 0 Å². The Balaban J connectivity index is 1.38. The third-order valence-corrected chi connectivity index (χ3v) is 8.00. The summed E-state index contributed by atoms with van der Waals surface area (Å²) in [4.78, 5) is 32.6. The van der Waals surface area contributed by atoms with Gasteiger partial charge in [0.2, 0.25) is 0 Å². The maximum absolute atomic E-state index is 15.4. The number of aromatic nitrogens is 3. The summed E-state index contributed by atoms with van der Waals surface area (Å²) in [6.45, 7) is 4.41. The number of rotatable bonds is 4. The predicted octanol–water partition coefficient (Wildman–Crippen LogP) is 4.78. The topological polar surface area (TPSA) is 97.0 Å². The van der Waals surface area contributed by atoms with E-state index in [1.165, 1.54) is 16.5 Å². The zero-order valence-electron chi connectivity index (χ0n) is 20.2. The lowest BCUT2D eigenvalue weighted by atomic mass is 10.0. The van der Waals surface area contributed by atoms with Gasteiger partial charge in [0, 0.05) is 34.3 Å². The molecule has 5 heterocycles. The Morgan fingerprint density at radius 3 is 2.89 bits per heavy atom. The first kappa shape index (κ1) is 23.4. The van der Waals surface area contributed by atoms with E-state index < -0.39 is 11.8 Å². The first-order valence-electron chi connectivity index (χ1n) is 12.0. The van der Waals surface area contributed by atoms with Crippen LogP contribution < -0.4 is 4.74 Å². The molecule has 6 rings (SSSR count). The van der Waals surface area contributed by atoms with Crippen LogP contribution in [0.5, 0.6) is 5.75 Å². The molecule has 37 heavy (non-hydrogen) atoms. The number of hydrogen-bond donors (Lipinski definition) is 1. The molecule has 0 saturated carbocycles. The molecule has 1 N–H and O–H groups in total. The number of ether oxygens (including phenoxy) is 1. The van der Waals surface area contributed by atoms with Crippen molar-refractivity contribution in [3.63, 3.8) is 0 Å². The number of aryl methyl sites for hydroxylation is 1. The summed E-state index contributed by atoms with van der Waals surface area (Å²) in [5.74, 6) is -1.87. The highest BCUT2D eigenvalue weighted by Gasteiger charge is 2.30. The third kappa shape index (κ3) is 3.79. The first-order valence-corrected chi connectivity index (χ1v) is 12.9. The summed E-state index contributed by atoms with van der Waals surface area (Å²) >= 11 is 1.72.